The third-order valence-corrected chi connectivity index (χ3v) is 3.50. The summed E-state index contributed by atoms with van der Waals surface area (Å²) in [6.07, 6.45) is 0.897. The van der Waals surface area contributed by atoms with Crippen molar-refractivity contribution in [3.05, 3.63) is 41.5 Å². The lowest BCUT2D eigenvalue weighted by Crippen LogP contribution is -2.25. The summed E-state index contributed by atoms with van der Waals surface area (Å²) < 4.78 is 0. The Morgan fingerprint density at radius 2 is 1.81 bits per heavy atom. The molecule has 16 heavy (non-hydrogen) atoms. The van der Waals surface area contributed by atoms with Gasteiger partial charge in [0.05, 0.1) is 12.2 Å². The second-order valence-corrected chi connectivity index (χ2v) is 4.63. The van der Waals surface area contributed by atoms with Crippen molar-refractivity contribution in [2.24, 2.45) is 0 Å². The molecule has 0 radical (unpaired) electrons. The van der Waals surface area contributed by atoms with E-state index >= 15 is 0 Å². The van der Waals surface area contributed by atoms with Gasteiger partial charge in [-0.2, -0.15) is 0 Å². The van der Waals surface area contributed by atoms with Crippen molar-refractivity contribution in [2.45, 2.75) is 37.9 Å². The molecule has 2 N–H and O–H groups in total. The van der Waals surface area contributed by atoms with E-state index in [1.807, 2.05) is 12.1 Å². The van der Waals surface area contributed by atoms with E-state index in [1.165, 1.54) is 0 Å². The van der Waals surface area contributed by atoms with E-state index in [4.69, 9.17) is 0 Å². The SMILES string of the molecule is C=Cc1ccc2cc1C(C(C)O)C2C(C)O. The average Bonchev–Trinajstić information content (AvgIpc) is 2.53. The molecule has 0 spiro atoms. The Morgan fingerprint density at radius 1 is 1.19 bits per heavy atom. The third-order valence-electron chi connectivity index (χ3n) is 3.50. The van der Waals surface area contributed by atoms with Crippen LogP contribution in [0.15, 0.2) is 24.8 Å². The van der Waals surface area contributed by atoms with Crippen molar-refractivity contribution in [3.63, 3.8) is 0 Å². The molecule has 86 valence electrons. The quantitative estimate of drug-likeness (QED) is 0.817. The Bertz CT molecular complexity index is 407. The minimum absolute atomic E-state index is 0.00343. The maximum absolute atomic E-state index is 9.89. The number of aliphatic hydroxyl groups is 2. The fourth-order valence-electron chi connectivity index (χ4n) is 2.81. The van der Waals surface area contributed by atoms with Gasteiger partial charge in [-0.25, -0.2) is 0 Å². The fraction of sp³-hybridized carbons (Fsp3) is 0.429. The highest BCUT2D eigenvalue weighted by Crippen LogP contribution is 2.46. The van der Waals surface area contributed by atoms with Gasteiger partial charge in [-0.1, -0.05) is 30.9 Å². The molecule has 1 aromatic carbocycles. The maximum atomic E-state index is 9.89. The van der Waals surface area contributed by atoms with Crippen molar-refractivity contribution in [2.75, 3.05) is 0 Å². The summed E-state index contributed by atoms with van der Waals surface area (Å²) >= 11 is 0. The van der Waals surface area contributed by atoms with Crippen LogP contribution in [0.4, 0.5) is 0 Å². The van der Waals surface area contributed by atoms with Crippen molar-refractivity contribution in [1.82, 2.24) is 0 Å². The van der Waals surface area contributed by atoms with Crippen molar-refractivity contribution >= 4 is 6.08 Å². The first-order valence-electron chi connectivity index (χ1n) is 5.68. The topological polar surface area (TPSA) is 40.5 Å². The molecule has 4 unspecified atom stereocenters. The Balaban J connectivity index is 2.50. The van der Waals surface area contributed by atoms with Crippen molar-refractivity contribution < 1.29 is 10.2 Å². The van der Waals surface area contributed by atoms with Crippen molar-refractivity contribution in [1.29, 1.82) is 0 Å². The lowest BCUT2D eigenvalue weighted by atomic mass is 9.83. The first kappa shape index (κ1) is 11.4. The first-order chi connectivity index (χ1) is 7.56. The number of hydrogen-bond donors (Lipinski definition) is 2. The molecule has 0 saturated carbocycles. The number of aliphatic hydroxyl groups excluding tert-OH is 2. The zero-order valence-corrected chi connectivity index (χ0v) is 9.72. The van der Waals surface area contributed by atoms with Gasteiger partial charge < -0.3 is 10.2 Å². The van der Waals surface area contributed by atoms with Gasteiger partial charge >= 0.3 is 0 Å². The molecule has 2 rings (SSSR count). The normalized spacial score (nSPS) is 26.5. The molecule has 1 aliphatic carbocycles. The highest BCUT2D eigenvalue weighted by atomic mass is 16.3. The molecular formula is C14H18O2. The molecule has 4 atom stereocenters. The van der Waals surface area contributed by atoms with E-state index in [0.29, 0.717) is 0 Å². The summed E-state index contributed by atoms with van der Waals surface area (Å²) in [5, 5.41) is 19.7. The highest BCUT2D eigenvalue weighted by Gasteiger charge is 2.38. The van der Waals surface area contributed by atoms with Gasteiger partial charge in [0.1, 0.15) is 0 Å². The fourth-order valence-corrected chi connectivity index (χ4v) is 2.81. The number of fused-ring (bicyclic) bond motifs is 2. The lowest BCUT2D eigenvalue weighted by molar-refractivity contribution is 0.0951. The Morgan fingerprint density at radius 3 is 2.31 bits per heavy atom. The summed E-state index contributed by atoms with van der Waals surface area (Å²) in [5.41, 5.74) is 3.27. The van der Waals surface area contributed by atoms with Gasteiger partial charge in [-0.15, -0.1) is 0 Å². The van der Waals surface area contributed by atoms with Crippen LogP contribution in [-0.2, 0) is 0 Å². The largest absolute Gasteiger partial charge is 0.393 e. The van der Waals surface area contributed by atoms with Gasteiger partial charge in [-0.3, -0.25) is 0 Å². The van der Waals surface area contributed by atoms with Crippen LogP contribution in [0.5, 0.6) is 0 Å². The zero-order valence-electron chi connectivity index (χ0n) is 9.72. The third kappa shape index (κ3) is 1.58. The van der Waals surface area contributed by atoms with Crippen LogP contribution in [-0.4, -0.2) is 22.4 Å². The molecule has 0 saturated heterocycles. The van der Waals surface area contributed by atoms with Gasteiger partial charge in [-0.05, 0) is 30.5 Å². The van der Waals surface area contributed by atoms with Gasteiger partial charge in [0.2, 0.25) is 0 Å². The molecule has 0 aliphatic heterocycles. The maximum Gasteiger partial charge on any atom is 0.0587 e. The zero-order chi connectivity index (χ0) is 11.9. The van der Waals surface area contributed by atoms with Gasteiger partial charge in [0.25, 0.3) is 0 Å². The Labute approximate surface area is 96.2 Å². The average molecular weight is 218 g/mol. The van der Waals surface area contributed by atoms with Crippen LogP contribution in [0.25, 0.3) is 6.08 Å². The molecule has 1 aliphatic rings. The molecule has 0 fully saturated rings. The summed E-state index contributed by atoms with van der Waals surface area (Å²) in [6.45, 7) is 7.34. The van der Waals surface area contributed by atoms with Crippen molar-refractivity contribution in [3.8, 4) is 0 Å². The summed E-state index contributed by atoms with van der Waals surface area (Å²) in [6, 6.07) is 6.10. The molecule has 1 aromatic rings. The molecule has 2 bridgehead atoms. The van der Waals surface area contributed by atoms with Crippen LogP contribution in [0.2, 0.25) is 0 Å². The molecular weight excluding hydrogens is 200 g/mol. The van der Waals surface area contributed by atoms with E-state index < -0.39 is 12.2 Å². The van der Waals surface area contributed by atoms with Crippen LogP contribution >= 0.6 is 0 Å². The molecule has 2 nitrogen and oxygen atoms in total. The van der Waals surface area contributed by atoms with Crippen LogP contribution < -0.4 is 0 Å². The molecule has 0 heterocycles. The summed E-state index contributed by atoms with van der Waals surface area (Å²) in [7, 11) is 0. The predicted molar refractivity (Wildman–Crippen MR) is 65.4 cm³/mol. The number of hydrogen-bond acceptors (Lipinski definition) is 2. The first-order valence-corrected chi connectivity index (χ1v) is 5.68. The van der Waals surface area contributed by atoms with E-state index in [-0.39, 0.29) is 11.8 Å². The highest BCUT2D eigenvalue weighted by molar-refractivity contribution is 5.58. The van der Waals surface area contributed by atoms with E-state index in [0.717, 1.165) is 16.7 Å². The number of rotatable bonds is 3. The van der Waals surface area contributed by atoms with E-state index in [1.54, 1.807) is 19.9 Å². The number of benzene rings is 1. The second-order valence-electron chi connectivity index (χ2n) is 4.63. The predicted octanol–water partition coefficient (Wildman–Crippen LogP) is 2.27. The lowest BCUT2D eigenvalue weighted by Gasteiger charge is -2.26. The second kappa shape index (κ2) is 4.04. The molecule has 2 heteroatoms. The summed E-state index contributed by atoms with van der Waals surface area (Å²) in [5.74, 6) is -0.0123. The smallest absolute Gasteiger partial charge is 0.0587 e. The summed E-state index contributed by atoms with van der Waals surface area (Å²) in [4.78, 5) is 0. The molecule has 0 amide bonds. The Kier molecular flexibility index (Phi) is 2.87. The van der Waals surface area contributed by atoms with Gasteiger partial charge in [0, 0.05) is 11.8 Å². The minimum atomic E-state index is -0.460. The van der Waals surface area contributed by atoms with Crippen LogP contribution in [0.3, 0.4) is 0 Å². The van der Waals surface area contributed by atoms with Gasteiger partial charge in [0.15, 0.2) is 0 Å². The van der Waals surface area contributed by atoms with Crippen LogP contribution in [0, 0.1) is 0 Å². The van der Waals surface area contributed by atoms with E-state index in [2.05, 4.69) is 12.6 Å². The minimum Gasteiger partial charge on any atom is -0.393 e. The van der Waals surface area contributed by atoms with E-state index in [9.17, 15) is 10.2 Å². The molecule has 0 aromatic heterocycles. The van der Waals surface area contributed by atoms with Crippen LogP contribution in [0.1, 0.15) is 42.4 Å². The Hall–Kier alpha value is -1.12. The standard InChI is InChI=1S/C14H18O2/c1-4-10-5-6-11-7-12(10)14(9(3)16)13(11)8(2)15/h4-9,13-16H,1H2,2-3H3. The monoisotopic (exact) mass is 218 g/mol.